The Morgan fingerprint density at radius 2 is 2.19 bits per heavy atom. The summed E-state index contributed by atoms with van der Waals surface area (Å²) in [6.45, 7) is 4.47. The third-order valence-electron chi connectivity index (χ3n) is 3.61. The highest BCUT2D eigenvalue weighted by molar-refractivity contribution is 9.10. The maximum absolute atomic E-state index is 3.69. The van der Waals surface area contributed by atoms with Crippen LogP contribution in [0.3, 0.4) is 0 Å². The summed E-state index contributed by atoms with van der Waals surface area (Å²) >= 11 is 5.51. The molecule has 1 aliphatic carbocycles. The van der Waals surface area contributed by atoms with E-state index in [1.165, 1.54) is 36.7 Å². The Kier molecular flexibility index (Phi) is 4.86. The van der Waals surface area contributed by atoms with Gasteiger partial charge < -0.3 is 5.32 Å². The molecule has 0 aliphatic heterocycles. The first-order valence-corrected chi connectivity index (χ1v) is 7.98. The molecule has 0 spiro atoms. The Balaban J connectivity index is 2.07. The van der Waals surface area contributed by atoms with Crippen molar-refractivity contribution in [3.63, 3.8) is 0 Å². The molecule has 2 atom stereocenters. The topological polar surface area (TPSA) is 12.0 Å². The summed E-state index contributed by atoms with van der Waals surface area (Å²) < 4.78 is 1.32. The van der Waals surface area contributed by atoms with Crippen LogP contribution >= 0.6 is 27.3 Å². The summed E-state index contributed by atoms with van der Waals surface area (Å²) in [5, 5.41) is 8.07. The molecule has 0 aromatic carbocycles. The third-order valence-corrected chi connectivity index (χ3v) is 5.36. The van der Waals surface area contributed by atoms with E-state index in [0.29, 0.717) is 0 Å². The van der Waals surface area contributed by atoms with E-state index in [0.717, 1.165) is 18.4 Å². The van der Waals surface area contributed by atoms with Gasteiger partial charge in [-0.1, -0.05) is 19.8 Å². The molecule has 90 valence electrons. The van der Waals surface area contributed by atoms with Gasteiger partial charge in [0.15, 0.2) is 0 Å². The SMILES string of the molecule is CCNCC1CCCCC1c1cscc1Br. The number of hydrogen-bond acceptors (Lipinski definition) is 2. The second-order valence-corrected chi connectivity index (χ2v) is 6.23. The van der Waals surface area contributed by atoms with E-state index in [-0.39, 0.29) is 0 Å². The van der Waals surface area contributed by atoms with Crippen molar-refractivity contribution in [2.45, 2.75) is 38.5 Å². The van der Waals surface area contributed by atoms with Crippen molar-refractivity contribution in [1.82, 2.24) is 5.32 Å². The van der Waals surface area contributed by atoms with Crippen LogP contribution in [0.5, 0.6) is 0 Å². The number of nitrogens with one attached hydrogen (secondary N) is 1. The zero-order valence-corrected chi connectivity index (χ0v) is 12.2. The average molecular weight is 302 g/mol. The van der Waals surface area contributed by atoms with Crippen molar-refractivity contribution >= 4 is 27.3 Å². The van der Waals surface area contributed by atoms with Crippen LogP contribution in [0.15, 0.2) is 15.2 Å². The molecule has 1 N–H and O–H groups in total. The van der Waals surface area contributed by atoms with Gasteiger partial charge in [-0.2, -0.15) is 11.3 Å². The van der Waals surface area contributed by atoms with Crippen LogP contribution in [-0.4, -0.2) is 13.1 Å². The fourth-order valence-corrected chi connectivity index (χ4v) is 4.40. The quantitative estimate of drug-likeness (QED) is 0.869. The van der Waals surface area contributed by atoms with Crippen LogP contribution in [-0.2, 0) is 0 Å². The molecule has 1 aliphatic rings. The summed E-state index contributed by atoms with van der Waals surface area (Å²) in [7, 11) is 0. The Morgan fingerprint density at radius 1 is 1.38 bits per heavy atom. The lowest BCUT2D eigenvalue weighted by atomic mass is 9.76. The number of rotatable bonds is 4. The van der Waals surface area contributed by atoms with Crippen molar-refractivity contribution in [3.8, 4) is 0 Å². The minimum Gasteiger partial charge on any atom is -0.317 e. The molecule has 16 heavy (non-hydrogen) atoms. The number of halogens is 1. The van der Waals surface area contributed by atoms with Crippen LogP contribution in [0.1, 0.15) is 44.1 Å². The van der Waals surface area contributed by atoms with Gasteiger partial charge in [-0.15, -0.1) is 0 Å². The highest BCUT2D eigenvalue weighted by Gasteiger charge is 2.27. The van der Waals surface area contributed by atoms with Crippen LogP contribution in [0.4, 0.5) is 0 Å². The first-order valence-electron chi connectivity index (χ1n) is 6.25. The largest absolute Gasteiger partial charge is 0.317 e. The second-order valence-electron chi connectivity index (χ2n) is 4.63. The molecule has 2 rings (SSSR count). The molecule has 0 saturated heterocycles. The van der Waals surface area contributed by atoms with Crippen molar-refractivity contribution in [1.29, 1.82) is 0 Å². The van der Waals surface area contributed by atoms with Gasteiger partial charge in [0.2, 0.25) is 0 Å². The van der Waals surface area contributed by atoms with Gasteiger partial charge >= 0.3 is 0 Å². The summed E-state index contributed by atoms with van der Waals surface area (Å²) in [6, 6.07) is 0. The van der Waals surface area contributed by atoms with Crippen LogP contribution < -0.4 is 5.32 Å². The maximum Gasteiger partial charge on any atom is 0.0317 e. The van der Waals surface area contributed by atoms with E-state index in [4.69, 9.17) is 0 Å². The molecule has 1 aromatic rings. The molecule has 3 heteroatoms. The molecule has 1 nitrogen and oxygen atoms in total. The molecule has 0 radical (unpaired) electrons. The average Bonchev–Trinajstić information content (AvgIpc) is 2.73. The van der Waals surface area contributed by atoms with Crippen LogP contribution in [0.2, 0.25) is 0 Å². The van der Waals surface area contributed by atoms with Crippen molar-refractivity contribution < 1.29 is 0 Å². The Morgan fingerprint density at radius 3 is 2.88 bits per heavy atom. The summed E-state index contributed by atoms with van der Waals surface area (Å²) in [6.07, 6.45) is 5.56. The molecule has 1 fully saturated rings. The lowest BCUT2D eigenvalue weighted by molar-refractivity contribution is 0.297. The maximum atomic E-state index is 3.69. The van der Waals surface area contributed by atoms with E-state index < -0.39 is 0 Å². The Hall–Kier alpha value is 0.140. The highest BCUT2D eigenvalue weighted by Crippen LogP contribution is 2.41. The third kappa shape index (κ3) is 2.88. The molecule has 0 bridgehead atoms. The standard InChI is InChI=1S/C13H20BrNS/c1-2-15-7-10-5-3-4-6-11(10)12-8-16-9-13(12)14/h8-11,15H,2-7H2,1H3. The van der Waals surface area contributed by atoms with Crippen molar-refractivity contribution in [3.05, 3.63) is 20.8 Å². The minimum absolute atomic E-state index is 0.772. The summed E-state index contributed by atoms with van der Waals surface area (Å²) in [4.78, 5) is 0. The summed E-state index contributed by atoms with van der Waals surface area (Å²) in [5.74, 6) is 1.60. The molecule has 0 amide bonds. The normalized spacial score (nSPS) is 25.9. The van der Waals surface area contributed by atoms with Gasteiger partial charge in [-0.05, 0) is 64.6 Å². The predicted molar refractivity (Wildman–Crippen MR) is 75.3 cm³/mol. The predicted octanol–water partition coefficient (Wildman–Crippen LogP) is 4.39. The van der Waals surface area contributed by atoms with Gasteiger partial charge in [-0.3, -0.25) is 0 Å². The second kappa shape index (κ2) is 6.18. The molecular formula is C13H20BrNS. The lowest BCUT2D eigenvalue weighted by Gasteiger charge is -2.31. The van der Waals surface area contributed by atoms with Gasteiger partial charge in [0.25, 0.3) is 0 Å². The minimum atomic E-state index is 0.772. The van der Waals surface area contributed by atoms with E-state index in [2.05, 4.69) is 38.9 Å². The van der Waals surface area contributed by atoms with E-state index >= 15 is 0 Å². The van der Waals surface area contributed by atoms with E-state index in [1.807, 2.05) is 11.3 Å². The van der Waals surface area contributed by atoms with E-state index in [1.54, 1.807) is 5.56 Å². The van der Waals surface area contributed by atoms with E-state index in [9.17, 15) is 0 Å². The molecule has 1 saturated carbocycles. The molecule has 1 aromatic heterocycles. The zero-order chi connectivity index (χ0) is 11.4. The van der Waals surface area contributed by atoms with Crippen molar-refractivity contribution in [2.75, 3.05) is 13.1 Å². The van der Waals surface area contributed by atoms with Gasteiger partial charge in [0.1, 0.15) is 0 Å². The molecule has 2 unspecified atom stereocenters. The lowest BCUT2D eigenvalue weighted by Crippen LogP contribution is -2.29. The van der Waals surface area contributed by atoms with Crippen LogP contribution in [0, 0.1) is 5.92 Å². The smallest absolute Gasteiger partial charge is 0.0317 e. The van der Waals surface area contributed by atoms with Gasteiger partial charge in [0.05, 0.1) is 0 Å². The zero-order valence-electron chi connectivity index (χ0n) is 9.84. The highest BCUT2D eigenvalue weighted by atomic mass is 79.9. The fourth-order valence-electron chi connectivity index (χ4n) is 2.75. The first-order chi connectivity index (χ1) is 7.83. The van der Waals surface area contributed by atoms with Crippen LogP contribution in [0.25, 0.3) is 0 Å². The number of thiophene rings is 1. The fraction of sp³-hybridized carbons (Fsp3) is 0.692. The monoisotopic (exact) mass is 301 g/mol. The Labute approximate surface area is 111 Å². The van der Waals surface area contributed by atoms with Gasteiger partial charge in [0, 0.05) is 9.85 Å². The molecule has 1 heterocycles. The first kappa shape index (κ1) is 12.6. The van der Waals surface area contributed by atoms with Crippen molar-refractivity contribution in [2.24, 2.45) is 5.92 Å². The summed E-state index contributed by atoms with van der Waals surface area (Å²) in [5.41, 5.74) is 1.55. The van der Waals surface area contributed by atoms with Gasteiger partial charge in [-0.25, -0.2) is 0 Å². The number of hydrogen-bond donors (Lipinski definition) is 1. The Bertz CT molecular complexity index is 323. The molecular weight excluding hydrogens is 282 g/mol.